The summed E-state index contributed by atoms with van der Waals surface area (Å²) in [7, 11) is 0. The molecule has 0 aliphatic heterocycles. The summed E-state index contributed by atoms with van der Waals surface area (Å²) in [6, 6.07) is -0.664. The topological polar surface area (TPSA) is 63.4 Å². The van der Waals surface area contributed by atoms with E-state index in [2.05, 4.69) is 0 Å². The summed E-state index contributed by atoms with van der Waals surface area (Å²) in [5.41, 5.74) is 0. The van der Waals surface area contributed by atoms with Crippen LogP contribution in [0.2, 0.25) is 0 Å². The van der Waals surface area contributed by atoms with Gasteiger partial charge in [-0.05, 0) is 25.7 Å². The van der Waals surface area contributed by atoms with E-state index in [1.165, 1.54) is 0 Å². The minimum atomic E-state index is -0.777. The molecule has 0 radical (unpaired) electrons. The molecule has 4 nitrogen and oxygen atoms in total. The van der Waals surface area contributed by atoms with Crippen LogP contribution in [-0.4, -0.2) is 28.3 Å². The van der Waals surface area contributed by atoms with E-state index in [9.17, 15) is 19.6 Å². The van der Waals surface area contributed by atoms with Gasteiger partial charge in [-0.2, -0.15) is 0 Å². The van der Waals surface area contributed by atoms with Gasteiger partial charge in [-0.1, -0.05) is 19.3 Å². The van der Waals surface area contributed by atoms with Gasteiger partial charge in [0, 0.05) is 17.8 Å². The number of aliphatic hydroxyl groups is 1. The van der Waals surface area contributed by atoms with Crippen molar-refractivity contribution in [2.75, 3.05) is 0 Å². The Morgan fingerprint density at radius 2 is 1.59 bits per heavy atom. The van der Waals surface area contributed by atoms with Gasteiger partial charge in [-0.25, -0.2) is 4.39 Å². The standard InChI is InChI=1S/C12H22FNO3/c13-10-5-1-3-7-11(14(16)17)9-12(15)8-4-2-6-10/h10-12,15H,1-9H2. The van der Waals surface area contributed by atoms with Crippen LogP contribution in [0.25, 0.3) is 0 Å². The fourth-order valence-corrected chi connectivity index (χ4v) is 2.38. The van der Waals surface area contributed by atoms with Gasteiger partial charge in [0.15, 0.2) is 0 Å². The quantitative estimate of drug-likeness (QED) is 0.572. The molecule has 0 bridgehead atoms. The summed E-state index contributed by atoms with van der Waals surface area (Å²) in [4.78, 5) is 10.5. The first kappa shape index (κ1) is 14.4. The smallest absolute Gasteiger partial charge is 0.215 e. The second kappa shape index (κ2) is 7.58. The fourth-order valence-electron chi connectivity index (χ4n) is 2.38. The van der Waals surface area contributed by atoms with E-state index in [1.54, 1.807) is 0 Å². The van der Waals surface area contributed by atoms with E-state index < -0.39 is 18.3 Å². The maximum atomic E-state index is 13.3. The Balaban J connectivity index is 2.46. The number of halogens is 1. The second-order valence-corrected chi connectivity index (χ2v) is 4.99. The first-order chi connectivity index (χ1) is 8.09. The molecule has 0 aromatic rings. The Labute approximate surface area is 101 Å². The van der Waals surface area contributed by atoms with Crippen molar-refractivity contribution in [3.8, 4) is 0 Å². The summed E-state index contributed by atoms with van der Waals surface area (Å²) in [5.74, 6) is 0. The van der Waals surface area contributed by atoms with Crippen LogP contribution in [0.3, 0.4) is 0 Å². The summed E-state index contributed by atoms with van der Waals surface area (Å²) >= 11 is 0. The molecule has 0 aromatic carbocycles. The predicted molar refractivity (Wildman–Crippen MR) is 63.2 cm³/mol. The van der Waals surface area contributed by atoms with Crippen molar-refractivity contribution < 1.29 is 14.4 Å². The van der Waals surface area contributed by atoms with Gasteiger partial charge in [0.05, 0.1) is 6.10 Å². The molecule has 0 aromatic heterocycles. The first-order valence-electron chi connectivity index (χ1n) is 6.55. The van der Waals surface area contributed by atoms with Gasteiger partial charge in [0.1, 0.15) is 6.17 Å². The van der Waals surface area contributed by atoms with Crippen molar-refractivity contribution in [3.63, 3.8) is 0 Å². The summed E-state index contributed by atoms with van der Waals surface area (Å²) in [5, 5.41) is 20.5. The molecule has 1 aliphatic carbocycles. The lowest BCUT2D eigenvalue weighted by molar-refractivity contribution is -0.526. The lowest BCUT2D eigenvalue weighted by atomic mass is 9.96. The van der Waals surface area contributed by atoms with Crippen molar-refractivity contribution in [1.82, 2.24) is 0 Å². The predicted octanol–water partition coefficient (Wildman–Crippen LogP) is 2.86. The number of nitro groups is 1. The van der Waals surface area contributed by atoms with Gasteiger partial charge in [0.25, 0.3) is 0 Å². The van der Waals surface area contributed by atoms with Crippen molar-refractivity contribution in [3.05, 3.63) is 10.1 Å². The van der Waals surface area contributed by atoms with Crippen LogP contribution in [0.1, 0.15) is 57.8 Å². The molecule has 5 heteroatoms. The van der Waals surface area contributed by atoms with E-state index in [4.69, 9.17) is 0 Å². The molecule has 100 valence electrons. The Morgan fingerprint density at radius 1 is 1.06 bits per heavy atom. The molecule has 0 heterocycles. The average Bonchev–Trinajstić information content (AvgIpc) is 2.26. The average molecular weight is 247 g/mol. The molecular weight excluding hydrogens is 225 g/mol. The zero-order valence-corrected chi connectivity index (χ0v) is 10.2. The zero-order valence-electron chi connectivity index (χ0n) is 10.2. The van der Waals surface area contributed by atoms with Gasteiger partial charge < -0.3 is 5.11 Å². The molecule has 1 aliphatic rings. The van der Waals surface area contributed by atoms with Gasteiger partial charge >= 0.3 is 0 Å². The van der Waals surface area contributed by atoms with E-state index in [-0.39, 0.29) is 11.3 Å². The van der Waals surface area contributed by atoms with E-state index in [1.807, 2.05) is 0 Å². The number of nitrogens with zero attached hydrogens (tertiary/aromatic N) is 1. The van der Waals surface area contributed by atoms with Crippen LogP contribution in [0.5, 0.6) is 0 Å². The van der Waals surface area contributed by atoms with Crippen LogP contribution in [0.4, 0.5) is 4.39 Å². The Morgan fingerprint density at radius 3 is 2.18 bits per heavy atom. The number of alkyl halides is 1. The van der Waals surface area contributed by atoms with Crippen molar-refractivity contribution in [1.29, 1.82) is 0 Å². The van der Waals surface area contributed by atoms with Crippen molar-refractivity contribution in [2.45, 2.75) is 76.1 Å². The molecule has 1 fully saturated rings. The lowest BCUT2D eigenvalue weighted by Gasteiger charge is -2.16. The molecule has 1 N–H and O–H groups in total. The van der Waals surface area contributed by atoms with Crippen LogP contribution in [0, 0.1) is 10.1 Å². The highest BCUT2D eigenvalue weighted by atomic mass is 19.1. The summed E-state index contributed by atoms with van der Waals surface area (Å²) in [6.45, 7) is 0. The molecule has 0 spiro atoms. The second-order valence-electron chi connectivity index (χ2n) is 4.99. The van der Waals surface area contributed by atoms with E-state index in [0.717, 1.165) is 12.8 Å². The third kappa shape index (κ3) is 5.96. The number of aliphatic hydroxyl groups excluding tert-OH is 1. The molecule has 1 rings (SSSR count). The van der Waals surface area contributed by atoms with E-state index >= 15 is 0 Å². The van der Waals surface area contributed by atoms with Gasteiger partial charge in [0.2, 0.25) is 6.04 Å². The Bertz CT molecular complexity index is 238. The lowest BCUT2D eigenvalue weighted by Crippen LogP contribution is -2.26. The molecule has 1 saturated carbocycles. The van der Waals surface area contributed by atoms with Crippen LogP contribution < -0.4 is 0 Å². The first-order valence-corrected chi connectivity index (χ1v) is 6.55. The number of hydrogen-bond acceptors (Lipinski definition) is 3. The van der Waals surface area contributed by atoms with Crippen molar-refractivity contribution in [2.24, 2.45) is 0 Å². The zero-order chi connectivity index (χ0) is 12.7. The Hall–Kier alpha value is -0.710. The molecule has 3 unspecified atom stereocenters. The minimum Gasteiger partial charge on any atom is -0.393 e. The molecular formula is C12H22FNO3. The molecule has 17 heavy (non-hydrogen) atoms. The molecule has 0 amide bonds. The maximum Gasteiger partial charge on any atom is 0.215 e. The van der Waals surface area contributed by atoms with E-state index in [0.29, 0.717) is 38.5 Å². The largest absolute Gasteiger partial charge is 0.393 e. The summed E-state index contributed by atoms with van der Waals surface area (Å²) in [6.07, 6.45) is 3.86. The van der Waals surface area contributed by atoms with Crippen molar-refractivity contribution >= 4 is 0 Å². The normalized spacial score (nSPS) is 33.4. The highest BCUT2D eigenvalue weighted by Crippen LogP contribution is 2.20. The highest BCUT2D eigenvalue weighted by Gasteiger charge is 2.24. The van der Waals surface area contributed by atoms with Gasteiger partial charge in [-0.15, -0.1) is 0 Å². The van der Waals surface area contributed by atoms with Crippen LogP contribution in [-0.2, 0) is 0 Å². The third-order valence-electron chi connectivity index (χ3n) is 3.45. The number of hydrogen-bond donors (Lipinski definition) is 1. The Kier molecular flexibility index (Phi) is 6.40. The van der Waals surface area contributed by atoms with Crippen LogP contribution in [0.15, 0.2) is 0 Å². The molecule has 0 saturated heterocycles. The van der Waals surface area contributed by atoms with Gasteiger partial charge in [-0.3, -0.25) is 10.1 Å². The highest BCUT2D eigenvalue weighted by molar-refractivity contribution is 4.68. The number of rotatable bonds is 1. The maximum absolute atomic E-state index is 13.3. The van der Waals surface area contributed by atoms with Crippen LogP contribution >= 0.6 is 0 Å². The minimum absolute atomic E-state index is 0.242. The monoisotopic (exact) mass is 247 g/mol. The SMILES string of the molecule is O=[N+]([O-])C1CCCCC(F)CCCCC(O)C1. The third-order valence-corrected chi connectivity index (χ3v) is 3.45. The molecule has 3 atom stereocenters. The fraction of sp³-hybridized carbons (Fsp3) is 1.00. The summed E-state index contributed by atoms with van der Waals surface area (Å²) < 4.78 is 13.3.